The van der Waals surface area contributed by atoms with E-state index in [0.29, 0.717) is 6.42 Å². The molecule has 1 aliphatic rings. The third kappa shape index (κ3) is 5.83. The molecule has 0 aromatic rings. The molecule has 0 spiro atoms. The van der Waals surface area contributed by atoms with Crippen LogP contribution in [0.15, 0.2) is 0 Å². The molecular weight excluding hydrogens is 226 g/mol. The fourth-order valence-corrected chi connectivity index (χ4v) is 2.48. The van der Waals surface area contributed by atoms with E-state index in [9.17, 15) is 4.79 Å². The lowest BCUT2D eigenvalue weighted by atomic mass is 9.98. The first-order valence-corrected chi connectivity index (χ1v) is 7.26. The summed E-state index contributed by atoms with van der Waals surface area (Å²) in [5.74, 6) is 1.00. The van der Waals surface area contributed by atoms with Crippen LogP contribution in [0.3, 0.4) is 0 Å². The molecule has 1 fully saturated rings. The van der Waals surface area contributed by atoms with E-state index < -0.39 is 0 Å². The number of amides is 1. The molecule has 1 atom stereocenters. The minimum absolute atomic E-state index is 0.237. The maximum absolute atomic E-state index is 11.6. The van der Waals surface area contributed by atoms with Crippen molar-refractivity contribution in [2.24, 2.45) is 5.92 Å². The van der Waals surface area contributed by atoms with Gasteiger partial charge in [0.1, 0.15) is 0 Å². The summed E-state index contributed by atoms with van der Waals surface area (Å²) in [4.78, 5) is 15.7. The quantitative estimate of drug-likeness (QED) is 0.694. The molecule has 1 amide bonds. The molecule has 4 heteroatoms. The lowest BCUT2D eigenvalue weighted by molar-refractivity contribution is -0.129. The number of rotatable bonds is 7. The van der Waals surface area contributed by atoms with Crippen LogP contribution in [0.2, 0.25) is 0 Å². The number of likely N-dealkylation sites (tertiary alicyclic amines) is 1. The van der Waals surface area contributed by atoms with Crippen LogP contribution in [0.25, 0.3) is 0 Å². The molecule has 1 heterocycles. The molecule has 18 heavy (non-hydrogen) atoms. The van der Waals surface area contributed by atoms with Gasteiger partial charge in [-0.1, -0.05) is 6.92 Å². The summed E-state index contributed by atoms with van der Waals surface area (Å²) in [6, 6.07) is 0. The van der Waals surface area contributed by atoms with Gasteiger partial charge in [0.15, 0.2) is 0 Å². The van der Waals surface area contributed by atoms with Crippen molar-refractivity contribution in [3.8, 4) is 0 Å². The van der Waals surface area contributed by atoms with E-state index in [-0.39, 0.29) is 5.91 Å². The average molecular weight is 255 g/mol. The van der Waals surface area contributed by atoms with E-state index in [4.69, 9.17) is 0 Å². The third-order valence-electron chi connectivity index (χ3n) is 3.60. The first-order valence-electron chi connectivity index (χ1n) is 7.26. The van der Waals surface area contributed by atoms with Gasteiger partial charge in [0.25, 0.3) is 0 Å². The van der Waals surface area contributed by atoms with Gasteiger partial charge in [-0.2, -0.15) is 0 Å². The largest absolute Gasteiger partial charge is 0.349 e. The Kier molecular flexibility index (Phi) is 7.28. The highest BCUT2D eigenvalue weighted by Crippen LogP contribution is 2.15. The Labute approximate surface area is 112 Å². The minimum Gasteiger partial charge on any atom is -0.349 e. The number of hydrogen-bond donors (Lipinski definition) is 1. The Morgan fingerprint density at radius 3 is 2.89 bits per heavy atom. The minimum atomic E-state index is 0.237. The van der Waals surface area contributed by atoms with Crippen molar-refractivity contribution in [3.63, 3.8) is 0 Å². The molecule has 0 radical (unpaired) electrons. The SMILES string of the molecule is CCCNCC1CCCN(CCC(=O)N(C)C)C1. The van der Waals surface area contributed by atoms with Crippen molar-refractivity contribution >= 4 is 5.91 Å². The van der Waals surface area contributed by atoms with Crippen LogP contribution in [0.1, 0.15) is 32.6 Å². The topological polar surface area (TPSA) is 35.6 Å². The number of hydrogen-bond acceptors (Lipinski definition) is 3. The Hall–Kier alpha value is -0.610. The van der Waals surface area contributed by atoms with E-state index in [1.54, 1.807) is 4.90 Å². The van der Waals surface area contributed by atoms with Crippen molar-refractivity contribution in [1.82, 2.24) is 15.1 Å². The first kappa shape index (κ1) is 15.4. The second-order valence-corrected chi connectivity index (χ2v) is 5.55. The number of carbonyl (C=O) groups is 1. The smallest absolute Gasteiger partial charge is 0.223 e. The molecule has 1 rings (SSSR count). The van der Waals surface area contributed by atoms with Gasteiger partial charge in [0.05, 0.1) is 0 Å². The van der Waals surface area contributed by atoms with Crippen LogP contribution >= 0.6 is 0 Å². The van der Waals surface area contributed by atoms with E-state index in [1.165, 1.54) is 19.3 Å². The highest BCUT2D eigenvalue weighted by atomic mass is 16.2. The number of nitrogens with one attached hydrogen (secondary N) is 1. The third-order valence-corrected chi connectivity index (χ3v) is 3.60. The molecule has 1 aliphatic heterocycles. The molecule has 0 bridgehead atoms. The molecule has 1 N–H and O–H groups in total. The zero-order valence-electron chi connectivity index (χ0n) is 12.2. The Balaban J connectivity index is 2.20. The summed E-state index contributed by atoms with van der Waals surface area (Å²) >= 11 is 0. The molecule has 0 aliphatic carbocycles. The van der Waals surface area contributed by atoms with Crippen LogP contribution in [0, 0.1) is 5.92 Å². The normalized spacial score (nSPS) is 20.9. The maximum Gasteiger partial charge on any atom is 0.223 e. The molecule has 1 unspecified atom stereocenters. The zero-order chi connectivity index (χ0) is 13.4. The summed E-state index contributed by atoms with van der Waals surface area (Å²) in [5.41, 5.74) is 0. The van der Waals surface area contributed by atoms with Crippen molar-refractivity contribution in [2.45, 2.75) is 32.6 Å². The number of carbonyl (C=O) groups excluding carboxylic acids is 1. The number of piperidine rings is 1. The molecule has 0 aromatic heterocycles. The lowest BCUT2D eigenvalue weighted by Gasteiger charge is -2.33. The van der Waals surface area contributed by atoms with E-state index in [1.807, 2.05) is 14.1 Å². The Morgan fingerprint density at radius 2 is 2.22 bits per heavy atom. The van der Waals surface area contributed by atoms with Crippen LogP contribution in [0.5, 0.6) is 0 Å². The number of nitrogens with zero attached hydrogens (tertiary/aromatic N) is 2. The molecule has 0 aromatic carbocycles. The van der Waals surface area contributed by atoms with Crippen LogP contribution in [-0.4, -0.2) is 62.5 Å². The van der Waals surface area contributed by atoms with Crippen LogP contribution in [0.4, 0.5) is 0 Å². The second-order valence-electron chi connectivity index (χ2n) is 5.55. The Morgan fingerprint density at radius 1 is 1.44 bits per heavy atom. The summed E-state index contributed by atoms with van der Waals surface area (Å²) in [6.07, 6.45) is 4.46. The van der Waals surface area contributed by atoms with Crippen molar-refractivity contribution in [2.75, 3.05) is 46.8 Å². The van der Waals surface area contributed by atoms with Gasteiger partial charge in [0.2, 0.25) is 5.91 Å². The average Bonchev–Trinajstić information content (AvgIpc) is 2.36. The van der Waals surface area contributed by atoms with Crippen LogP contribution in [-0.2, 0) is 4.79 Å². The van der Waals surface area contributed by atoms with E-state index in [0.717, 1.165) is 38.6 Å². The predicted molar refractivity (Wildman–Crippen MR) is 75.6 cm³/mol. The van der Waals surface area contributed by atoms with Gasteiger partial charge < -0.3 is 15.1 Å². The summed E-state index contributed by atoms with van der Waals surface area (Å²) in [7, 11) is 3.66. The van der Waals surface area contributed by atoms with Gasteiger partial charge in [-0.3, -0.25) is 4.79 Å². The highest BCUT2D eigenvalue weighted by Gasteiger charge is 2.20. The fraction of sp³-hybridized carbons (Fsp3) is 0.929. The summed E-state index contributed by atoms with van der Waals surface area (Å²) < 4.78 is 0. The molecule has 0 saturated carbocycles. The summed E-state index contributed by atoms with van der Waals surface area (Å²) in [5, 5.41) is 3.51. The molecule has 1 saturated heterocycles. The van der Waals surface area contributed by atoms with E-state index in [2.05, 4.69) is 17.1 Å². The standard InChI is InChI=1S/C14H29N3O/c1-4-8-15-11-13-6-5-9-17(12-13)10-7-14(18)16(2)3/h13,15H,4-12H2,1-3H3. The summed E-state index contributed by atoms with van der Waals surface area (Å²) in [6.45, 7) is 7.68. The van der Waals surface area contributed by atoms with Gasteiger partial charge >= 0.3 is 0 Å². The van der Waals surface area contributed by atoms with Gasteiger partial charge in [-0.25, -0.2) is 0 Å². The predicted octanol–water partition coefficient (Wildman–Crippen LogP) is 1.18. The fourth-order valence-electron chi connectivity index (χ4n) is 2.48. The first-order chi connectivity index (χ1) is 8.63. The monoisotopic (exact) mass is 255 g/mol. The zero-order valence-corrected chi connectivity index (χ0v) is 12.2. The second kappa shape index (κ2) is 8.48. The molecule has 106 valence electrons. The van der Waals surface area contributed by atoms with Gasteiger partial charge in [0, 0.05) is 33.6 Å². The molecule has 4 nitrogen and oxygen atoms in total. The maximum atomic E-state index is 11.6. The lowest BCUT2D eigenvalue weighted by Crippen LogP contribution is -2.41. The van der Waals surface area contributed by atoms with Crippen molar-refractivity contribution in [3.05, 3.63) is 0 Å². The molecular formula is C14H29N3O. The van der Waals surface area contributed by atoms with Gasteiger partial charge in [-0.05, 0) is 44.8 Å². The van der Waals surface area contributed by atoms with E-state index >= 15 is 0 Å². The van der Waals surface area contributed by atoms with Crippen molar-refractivity contribution in [1.29, 1.82) is 0 Å². The Bertz CT molecular complexity index is 243. The highest BCUT2D eigenvalue weighted by molar-refractivity contribution is 5.75. The van der Waals surface area contributed by atoms with Crippen LogP contribution < -0.4 is 5.32 Å². The van der Waals surface area contributed by atoms with Crippen molar-refractivity contribution < 1.29 is 4.79 Å². The van der Waals surface area contributed by atoms with Gasteiger partial charge in [-0.15, -0.1) is 0 Å².